The SMILES string of the molecule is Cc1ccc(CCCc2nc3c4c(cccc4n2)C(=O)CN3)cc1Cl. The Labute approximate surface area is 151 Å². The van der Waals surface area contributed by atoms with Gasteiger partial charge in [0, 0.05) is 17.0 Å². The molecule has 0 saturated heterocycles. The molecule has 1 aromatic heterocycles. The minimum Gasteiger partial charge on any atom is -0.362 e. The van der Waals surface area contributed by atoms with E-state index in [0.29, 0.717) is 12.1 Å². The Balaban J connectivity index is 1.54. The van der Waals surface area contributed by atoms with Gasteiger partial charge in [0.25, 0.3) is 0 Å². The third-order valence-electron chi connectivity index (χ3n) is 4.59. The Morgan fingerprint density at radius 1 is 1.16 bits per heavy atom. The topological polar surface area (TPSA) is 54.9 Å². The number of carbonyl (C=O) groups excluding carboxylic acids is 1. The number of nitrogens with zero attached hydrogens (tertiary/aromatic N) is 2. The molecule has 2 aromatic carbocycles. The van der Waals surface area contributed by atoms with Crippen molar-refractivity contribution in [2.75, 3.05) is 11.9 Å². The summed E-state index contributed by atoms with van der Waals surface area (Å²) in [6, 6.07) is 11.9. The van der Waals surface area contributed by atoms with Gasteiger partial charge in [0.15, 0.2) is 5.78 Å². The Hall–Kier alpha value is -2.46. The summed E-state index contributed by atoms with van der Waals surface area (Å²) in [7, 11) is 0. The predicted molar refractivity (Wildman–Crippen MR) is 101 cm³/mol. The number of ketones is 1. The van der Waals surface area contributed by atoms with Crippen molar-refractivity contribution in [2.45, 2.75) is 26.2 Å². The van der Waals surface area contributed by atoms with Crippen LogP contribution in [0.15, 0.2) is 36.4 Å². The van der Waals surface area contributed by atoms with E-state index in [9.17, 15) is 4.79 Å². The number of carbonyl (C=O) groups is 1. The molecule has 126 valence electrons. The molecule has 0 saturated carbocycles. The van der Waals surface area contributed by atoms with Gasteiger partial charge in [-0.25, -0.2) is 9.97 Å². The molecule has 3 aromatic rings. The van der Waals surface area contributed by atoms with Gasteiger partial charge in [0.2, 0.25) is 0 Å². The normalized spacial score (nSPS) is 13.1. The highest BCUT2D eigenvalue weighted by atomic mass is 35.5. The van der Waals surface area contributed by atoms with Gasteiger partial charge in [-0.2, -0.15) is 0 Å². The lowest BCUT2D eigenvalue weighted by molar-refractivity contribution is 0.101. The van der Waals surface area contributed by atoms with Crippen LogP contribution >= 0.6 is 11.6 Å². The number of aryl methyl sites for hydroxylation is 3. The third-order valence-corrected chi connectivity index (χ3v) is 5.00. The summed E-state index contributed by atoms with van der Waals surface area (Å²) in [6.07, 6.45) is 2.67. The second kappa shape index (κ2) is 6.45. The van der Waals surface area contributed by atoms with Gasteiger partial charge in [-0.15, -0.1) is 0 Å². The average Bonchev–Trinajstić information content (AvgIpc) is 2.61. The van der Waals surface area contributed by atoms with Gasteiger partial charge >= 0.3 is 0 Å². The molecule has 0 radical (unpaired) electrons. The van der Waals surface area contributed by atoms with E-state index in [1.165, 1.54) is 5.56 Å². The summed E-state index contributed by atoms with van der Waals surface area (Å²) in [5.41, 5.74) is 3.87. The molecule has 1 aliphatic heterocycles. The van der Waals surface area contributed by atoms with Crippen LogP contribution in [0.3, 0.4) is 0 Å². The van der Waals surface area contributed by atoms with E-state index in [1.54, 1.807) is 0 Å². The van der Waals surface area contributed by atoms with E-state index >= 15 is 0 Å². The maximum atomic E-state index is 12.0. The number of nitrogens with one attached hydrogen (secondary N) is 1. The summed E-state index contributed by atoms with van der Waals surface area (Å²) in [5, 5.41) is 4.77. The van der Waals surface area contributed by atoms with Crippen LogP contribution in [-0.4, -0.2) is 22.3 Å². The Morgan fingerprint density at radius 2 is 2.04 bits per heavy atom. The monoisotopic (exact) mass is 351 g/mol. The minimum atomic E-state index is 0.0886. The average molecular weight is 352 g/mol. The maximum absolute atomic E-state index is 12.0. The molecule has 0 bridgehead atoms. The van der Waals surface area contributed by atoms with Crippen LogP contribution in [0.25, 0.3) is 10.9 Å². The van der Waals surface area contributed by atoms with Crippen molar-refractivity contribution in [2.24, 2.45) is 0 Å². The van der Waals surface area contributed by atoms with Crippen molar-refractivity contribution >= 4 is 34.1 Å². The number of aromatic nitrogens is 2. The van der Waals surface area contributed by atoms with Crippen molar-refractivity contribution in [1.29, 1.82) is 0 Å². The zero-order valence-corrected chi connectivity index (χ0v) is 14.7. The van der Waals surface area contributed by atoms with E-state index in [-0.39, 0.29) is 5.78 Å². The number of anilines is 1. The van der Waals surface area contributed by atoms with Crippen LogP contribution in [-0.2, 0) is 12.8 Å². The summed E-state index contributed by atoms with van der Waals surface area (Å²) < 4.78 is 0. The summed E-state index contributed by atoms with van der Waals surface area (Å²) in [6.45, 7) is 2.30. The van der Waals surface area contributed by atoms with Crippen LogP contribution < -0.4 is 5.32 Å². The standard InChI is InChI=1S/C20H18ClN3O/c1-12-8-9-13(10-15(12)21)4-2-7-18-23-16-6-3-5-14-17(25)11-22-20(24-18)19(14)16/h3,5-6,8-10H,2,4,7,11H2,1H3,(H,22,23,24). The molecule has 0 amide bonds. The lowest BCUT2D eigenvalue weighted by Gasteiger charge is -2.17. The van der Waals surface area contributed by atoms with E-state index in [0.717, 1.165) is 52.4 Å². The van der Waals surface area contributed by atoms with Gasteiger partial charge < -0.3 is 5.32 Å². The quantitative estimate of drug-likeness (QED) is 0.758. The molecular weight excluding hydrogens is 334 g/mol. The zero-order valence-electron chi connectivity index (χ0n) is 14.0. The first-order valence-electron chi connectivity index (χ1n) is 8.43. The Kier molecular flexibility index (Phi) is 4.14. The lowest BCUT2D eigenvalue weighted by atomic mass is 10.0. The molecular formula is C20H18ClN3O. The fourth-order valence-electron chi connectivity index (χ4n) is 3.20. The molecule has 4 rings (SSSR count). The Bertz CT molecular complexity index is 984. The molecule has 5 heteroatoms. The van der Waals surface area contributed by atoms with Crippen LogP contribution in [0.2, 0.25) is 5.02 Å². The van der Waals surface area contributed by atoms with Crippen LogP contribution in [0.5, 0.6) is 0 Å². The summed E-state index contributed by atoms with van der Waals surface area (Å²) >= 11 is 6.19. The number of hydrogen-bond acceptors (Lipinski definition) is 4. The van der Waals surface area contributed by atoms with Crippen molar-refractivity contribution in [3.63, 3.8) is 0 Å². The maximum Gasteiger partial charge on any atom is 0.182 e. The largest absolute Gasteiger partial charge is 0.362 e. The highest BCUT2D eigenvalue weighted by Crippen LogP contribution is 2.28. The van der Waals surface area contributed by atoms with Crippen molar-refractivity contribution < 1.29 is 4.79 Å². The molecule has 1 N–H and O–H groups in total. The summed E-state index contributed by atoms with van der Waals surface area (Å²) in [4.78, 5) is 21.3. The van der Waals surface area contributed by atoms with Crippen LogP contribution in [0, 0.1) is 6.92 Å². The molecule has 25 heavy (non-hydrogen) atoms. The summed E-state index contributed by atoms with van der Waals surface area (Å²) in [5.74, 6) is 1.67. The number of halogens is 1. The molecule has 1 aliphatic rings. The number of rotatable bonds is 4. The fraction of sp³-hybridized carbons (Fsp3) is 0.250. The molecule has 0 atom stereocenters. The van der Waals surface area contributed by atoms with Crippen molar-refractivity contribution in [1.82, 2.24) is 9.97 Å². The lowest BCUT2D eigenvalue weighted by Crippen LogP contribution is -2.21. The highest BCUT2D eigenvalue weighted by Gasteiger charge is 2.20. The van der Waals surface area contributed by atoms with Gasteiger partial charge in [0.05, 0.1) is 17.4 Å². The first-order chi connectivity index (χ1) is 12.1. The first kappa shape index (κ1) is 16.0. The molecule has 2 heterocycles. The number of Topliss-reactive ketones (excluding diaryl/α,β-unsaturated/α-hetero) is 1. The van der Waals surface area contributed by atoms with E-state index in [2.05, 4.69) is 27.4 Å². The van der Waals surface area contributed by atoms with Crippen LogP contribution in [0.1, 0.15) is 33.7 Å². The molecule has 4 nitrogen and oxygen atoms in total. The molecule has 0 unspecified atom stereocenters. The zero-order chi connectivity index (χ0) is 17.4. The van der Waals surface area contributed by atoms with E-state index in [1.807, 2.05) is 31.2 Å². The Morgan fingerprint density at radius 3 is 2.88 bits per heavy atom. The van der Waals surface area contributed by atoms with Gasteiger partial charge in [0.1, 0.15) is 11.6 Å². The first-order valence-corrected chi connectivity index (χ1v) is 8.81. The second-order valence-electron chi connectivity index (χ2n) is 6.40. The molecule has 0 fully saturated rings. The minimum absolute atomic E-state index is 0.0886. The van der Waals surface area contributed by atoms with Gasteiger partial charge in [-0.3, -0.25) is 4.79 Å². The number of benzene rings is 2. The van der Waals surface area contributed by atoms with E-state index < -0.39 is 0 Å². The second-order valence-corrected chi connectivity index (χ2v) is 6.81. The van der Waals surface area contributed by atoms with Crippen LogP contribution in [0.4, 0.5) is 5.82 Å². The predicted octanol–water partition coefficient (Wildman–Crippen LogP) is 4.38. The van der Waals surface area contributed by atoms with E-state index in [4.69, 9.17) is 11.6 Å². The number of hydrogen-bond donors (Lipinski definition) is 1. The molecule has 0 aliphatic carbocycles. The molecule has 0 spiro atoms. The van der Waals surface area contributed by atoms with Crippen molar-refractivity contribution in [3.8, 4) is 0 Å². The van der Waals surface area contributed by atoms with Gasteiger partial charge in [-0.05, 0) is 43.0 Å². The van der Waals surface area contributed by atoms with Crippen molar-refractivity contribution in [3.05, 3.63) is 63.9 Å². The smallest absolute Gasteiger partial charge is 0.182 e. The highest BCUT2D eigenvalue weighted by molar-refractivity contribution is 6.31. The fourth-order valence-corrected chi connectivity index (χ4v) is 3.41. The van der Waals surface area contributed by atoms with Gasteiger partial charge in [-0.1, -0.05) is 35.9 Å². The third kappa shape index (κ3) is 3.10.